The first-order valence-electron chi connectivity index (χ1n) is 6.17. The van der Waals surface area contributed by atoms with E-state index in [1.165, 1.54) is 11.3 Å². The summed E-state index contributed by atoms with van der Waals surface area (Å²) < 4.78 is 0. The topological polar surface area (TPSA) is 72.2 Å². The summed E-state index contributed by atoms with van der Waals surface area (Å²) in [6.45, 7) is 3.24. The van der Waals surface area contributed by atoms with Crippen LogP contribution >= 0.6 is 11.3 Å². The standard InChI is InChI=1S/C15H16N2O2S/c1-15(2,16)14(19)17-13-11(8-9-20-13)12(18)10-6-4-3-5-7-10/h3-9H,16H2,1-2H3,(H,17,19). The van der Waals surface area contributed by atoms with Crippen molar-refractivity contribution < 1.29 is 9.59 Å². The number of thiophene rings is 1. The number of nitrogens with one attached hydrogen (secondary N) is 1. The fraction of sp³-hybridized carbons (Fsp3) is 0.200. The molecule has 0 aliphatic rings. The van der Waals surface area contributed by atoms with E-state index in [-0.39, 0.29) is 11.7 Å². The number of anilines is 1. The van der Waals surface area contributed by atoms with E-state index in [0.717, 1.165) is 0 Å². The molecule has 0 saturated heterocycles. The summed E-state index contributed by atoms with van der Waals surface area (Å²) in [4.78, 5) is 24.3. The first kappa shape index (κ1) is 14.4. The third-order valence-corrected chi connectivity index (χ3v) is 3.59. The Balaban J connectivity index is 2.26. The van der Waals surface area contributed by atoms with Crippen molar-refractivity contribution in [1.29, 1.82) is 0 Å². The summed E-state index contributed by atoms with van der Waals surface area (Å²) in [6.07, 6.45) is 0. The summed E-state index contributed by atoms with van der Waals surface area (Å²) in [5.74, 6) is -0.431. The van der Waals surface area contributed by atoms with Crippen molar-refractivity contribution in [2.45, 2.75) is 19.4 Å². The van der Waals surface area contributed by atoms with Crippen molar-refractivity contribution in [3.63, 3.8) is 0 Å². The number of hydrogen-bond acceptors (Lipinski definition) is 4. The third-order valence-electron chi connectivity index (χ3n) is 2.76. The summed E-state index contributed by atoms with van der Waals surface area (Å²) in [6, 6.07) is 10.7. The number of ketones is 1. The SMILES string of the molecule is CC(C)(N)C(=O)Nc1sccc1C(=O)c1ccccc1. The van der Waals surface area contributed by atoms with E-state index in [9.17, 15) is 9.59 Å². The second-order valence-corrected chi connectivity index (χ2v) is 5.95. The van der Waals surface area contributed by atoms with Gasteiger partial charge in [-0.25, -0.2) is 0 Å². The number of nitrogens with two attached hydrogens (primary N) is 1. The van der Waals surface area contributed by atoms with Crippen LogP contribution in [0, 0.1) is 0 Å². The predicted molar refractivity (Wildman–Crippen MR) is 81.1 cm³/mol. The fourth-order valence-electron chi connectivity index (χ4n) is 1.59. The Bertz CT molecular complexity index is 627. The molecular formula is C15H16N2O2S. The minimum absolute atomic E-state index is 0.114. The molecule has 0 unspecified atom stereocenters. The first-order chi connectivity index (χ1) is 9.39. The van der Waals surface area contributed by atoms with E-state index in [0.29, 0.717) is 16.1 Å². The minimum Gasteiger partial charge on any atom is -0.318 e. The fourth-order valence-corrected chi connectivity index (χ4v) is 2.37. The Morgan fingerprint density at radius 1 is 1.15 bits per heavy atom. The molecule has 5 heteroatoms. The van der Waals surface area contributed by atoms with Crippen LogP contribution in [0.2, 0.25) is 0 Å². The molecule has 4 nitrogen and oxygen atoms in total. The average Bonchev–Trinajstić information content (AvgIpc) is 2.86. The summed E-state index contributed by atoms with van der Waals surface area (Å²) >= 11 is 1.31. The van der Waals surface area contributed by atoms with Gasteiger partial charge in [-0.3, -0.25) is 9.59 Å². The Morgan fingerprint density at radius 2 is 1.80 bits per heavy atom. The zero-order valence-electron chi connectivity index (χ0n) is 11.3. The zero-order chi connectivity index (χ0) is 14.8. The van der Waals surface area contributed by atoms with Gasteiger partial charge < -0.3 is 11.1 Å². The lowest BCUT2D eigenvalue weighted by Gasteiger charge is -2.17. The minimum atomic E-state index is -0.989. The van der Waals surface area contributed by atoms with Crippen molar-refractivity contribution in [2.24, 2.45) is 5.73 Å². The molecule has 1 amide bonds. The molecule has 0 fully saturated rings. The second-order valence-electron chi connectivity index (χ2n) is 5.03. The number of benzene rings is 1. The predicted octanol–water partition coefficient (Wildman–Crippen LogP) is 2.65. The third kappa shape index (κ3) is 3.12. The largest absolute Gasteiger partial charge is 0.318 e. The summed E-state index contributed by atoms with van der Waals surface area (Å²) in [5.41, 5.74) is 5.83. The Kier molecular flexibility index (Phi) is 4.01. The van der Waals surface area contributed by atoms with E-state index in [2.05, 4.69) is 5.32 Å². The van der Waals surface area contributed by atoms with Crippen LogP contribution in [0.3, 0.4) is 0 Å². The number of hydrogen-bond donors (Lipinski definition) is 2. The van der Waals surface area contributed by atoms with E-state index >= 15 is 0 Å². The van der Waals surface area contributed by atoms with Crippen LogP contribution in [0.15, 0.2) is 41.8 Å². The maximum Gasteiger partial charge on any atom is 0.244 e. The normalized spacial score (nSPS) is 11.2. The van der Waals surface area contributed by atoms with Gasteiger partial charge in [-0.1, -0.05) is 30.3 Å². The summed E-state index contributed by atoms with van der Waals surface area (Å²) in [5, 5.41) is 5.02. The molecule has 1 aromatic carbocycles. The molecule has 0 aliphatic heterocycles. The molecule has 2 rings (SSSR count). The van der Waals surface area contributed by atoms with Crippen molar-refractivity contribution in [1.82, 2.24) is 0 Å². The molecule has 0 atom stereocenters. The molecule has 1 heterocycles. The lowest BCUT2D eigenvalue weighted by molar-refractivity contribution is -0.120. The van der Waals surface area contributed by atoms with Gasteiger partial charge in [0.05, 0.1) is 11.1 Å². The van der Waals surface area contributed by atoms with Crippen LogP contribution in [0.5, 0.6) is 0 Å². The molecule has 0 radical (unpaired) electrons. The van der Waals surface area contributed by atoms with Crippen LogP contribution in [-0.2, 0) is 4.79 Å². The van der Waals surface area contributed by atoms with Gasteiger partial charge in [0.2, 0.25) is 5.91 Å². The van der Waals surface area contributed by atoms with E-state index in [4.69, 9.17) is 5.73 Å². The highest BCUT2D eigenvalue weighted by molar-refractivity contribution is 7.14. The maximum absolute atomic E-state index is 12.4. The van der Waals surface area contributed by atoms with Gasteiger partial charge >= 0.3 is 0 Å². The van der Waals surface area contributed by atoms with E-state index in [1.807, 2.05) is 6.07 Å². The lowest BCUT2D eigenvalue weighted by Crippen LogP contribution is -2.45. The average molecular weight is 288 g/mol. The van der Waals surface area contributed by atoms with Crippen LogP contribution in [0.4, 0.5) is 5.00 Å². The highest BCUT2D eigenvalue weighted by atomic mass is 32.1. The van der Waals surface area contributed by atoms with Crippen molar-refractivity contribution in [3.05, 3.63) is 52.9 Å². The maximum atomic E-state index is 12.4. The molecule has 2 aromatic rings. The molecule has 1 aromatic heterocycles. The van der Waals surface area contributed by atoms with Crippen LogP contribution in [0.1, 0.15) is 29.8 Å². The molecule has 0 saturated carbocycles. The number of carbonyl (C=O) groups is 2. The Labute approximate surface area is 121 Å². The lowest BCUT2D eigenvalue weighted by atomic mass is 10.0. The van der Waals surface area contributed by atoms with Crippen LogP contribution in [-0.4, -0.2) is 17.2 Å². The number of carbonyl (C=O) groups excluding carboxylic acids is 2. The van der Waals surface area contributed by atoms with Crippen LogP contribution in [0.25, 0.3) is 0 Å². The van der Waals surface area contributed by atoms with Crippen molar-refractivity contribution in [3.8, 4) is 0 Å². The smallest absolute Gasteiger partial charge is 0.244 e. The van der Waals surface area contributed by atoms with Gasteiger partial charge in [-0.05, 0) is 25.3 Å². The number of rotatable bonds is 4. The van der Waals surface area contributed by atoms with Crippen LogP contribution < -0.4 is 11.1 Å². The van der Waals surface area contributed by atoms with Crippen molar-refractivity contribution >= 4 is 28.0 Å². The monoisotopic (exact) mass is 288 g/mol. The zero-order valence-corrected chi connectivity index (χ0v) is 12.2. The Morgan fingerprint density at radius 3 is 2.40 bits per heavy atom. The highest BCUT2D eigenvalue weighted by Gasteiger charge is 2.24. The molecule has 20 heavy (non-hydrogen) atoms. The molecule has 0 aliphatic carbocycles. The van der Waals surface area contributed by atoms with Gasteiger partial charge in [-0.15, -0.1) is 11.3 Å². The van der Waals surface area contributed by atoms with Gasteiger partial charge in [-0.2, -0.15) is 0 Å². The van der Waals surface area contributed by atoms with E-state index in [1.54, 1.807) is 49.6 Å². The van der Waals surface area contributed by atoms with Gasteiger partial charge in [0.15, 0.2) is 5.78 Å². The molecule has 0 bridgehead atoms. The summed E-state index contributed by atoms with van der Waals surface area (Å²) in [7, 11) is 0. The molecule has 3 N–H and O–H groups in total. The molecular weight excluding hydrogens is 272 g/mol. The van der Waals surface area contributed by atoms with Gasteiger partial charge in [0, 0.05) is 5.56 Å². The number of amides is 1. The highest BCUT2D eigenvalue weighted by Crippen LogP contribution is 2.26. The second kappa shape index (κ2) is 5.56. The quantitative estimate of drug-likeness (QED) is 0.850. The van der Waals surface area contributed by atoms with Crippen molar-refractivity contribution in [2.75, 3.05) is 5.32 Å². The first-order valence-corrected chi connectivity index (χ1v) is 7.05. The molecule has 0 spiro atoms. The van der Waals surface area contributed by atoms with Gasteiger partial charge in [0.1, 0.15) is 5.00 Å². The van der Waals surface area contributed by atoms with E-state index < -0.39 is 5.54 Å². The Hall–Kier alpha value is -1.98. The molecule has 104 valence electrons. The van der Waals surface area contributed by atoms with Gasteiger partial charge in [0.25, 0.3) is 0 Å².